The maximum Gasteiger partial charge on any atom is 0.573 e. The van der Waals surface area contributed by atoms with Crippen molar-refractivity contribution in [1.29, 1.82) is 0 Å². The van der Waals surface area contributed by atoms with Gasteiger partial charge in [-0.3, -0.25) is 9.59 Å². The fourth-order valence-electron chi connectivity index (χ4n) is 5.64. The van der Waals surface area contributed by atoms with Crippen LogP contribution >= 0.6 is 15.9 Å². The monoisotopic (exact) mass is 1120 g/mol. The molecule has 14 nitrogen and oxygen atoms in total. The Kier molecular flexibility index (Phi) is 14.6. The molecule has 2 amide bonds. The van der Waals surface area contributed by atoms with E-state index in [1.807, 2.05) is 5.32 Å². The predicted molar refractivity (Wildman–Crippen MR) is 226 cm³/mol. The van der Waals surface area contributed by atoms with Gasteiger partial charge in [0.25, 0.3) is 11.8 Å². The lowest BCUT2D eigenvalue weighted by atomic mass is 10.1. The predicted octanol–water partition coefficient (Wildman–Crippen LogP) is 12.9. The number of hydrogen-bond donors (Lipinski definition) is 2. The zero-order chi connectivity index (χ0) is 59.2. The summed E-state index contributed by atoms with van der Waals surface area (Å²) < 4.78 is 261. The van der Waals surface area contributed by atoms with Crippen LogP contribution in [0.2, 0.25) is 0 Å². The molecule has 2 heterocycles. The number of rotatable bonds is 13. The number of halogens is 15. The normalized spacial score (nSPS) is 13.2. The molecular formula is C44H27BrF14N4O10. The van der Waals surface area contributed by atoms with Crippen LogP contribution in [0.1, 0.15) is 50.6 Å². The van der Waals surface area contributed by atoms with E-state index in [4.69, 9.17) is 17.7 Å². The first-order valence-electron chi connectivity index (χ1n) is 21.9. The van der Waals surface area contributed by atoms with Crippen molar-refractivity contribution in [2.75, 3.05) is 31.8 Å². The minimum Gasteiger partial charge on any atom is -0.493 e. The Hall–Kier alpha value is -8.11. The van der Waals surface area contributed by atoms with Gasteiger partial charge in [0.15, 0.2) is 40.3 Å². The summed E-state index contributed by atoms with van der Waals surface area (Å²) in [5.74, 6) is -15.6. The summed E-state index contributed by atoms with van der Waals surface area (Å²) in [7, 11) is -5.47. The Balaban J connectivity index is 0.000000291. The molecule has 0 radical (unpaired) electrons. The number of carbonyl (C=O) groups is 3. The number of nitrogens with one attached hydrogen (secondary N) is 2. The number of amides is 2. The van der Waals surface area contributed by atoms with Crippen molar-refractivity contribution in [3.63, 3.8) is 0 Å². The largest absolute Gasteiger partial charge is 0.573 e. The first-order valence-corrected chi connectivity index (χ1v) is 19.7. The van der Waals surface area contributed by atoms with E-state index in [0.29, 0.717) is 42.5 Å². The molecule has 0 aliphatic carbocycles. The number of carbonyl (C=O) groups excluding carboxylic acids is 3. The summed E-state index contributed by atoms with van der Waals surface area (Å²) >= 11 is 3.02. The Morgan fingerprint density at radius 1 is 0.548 bits per heavy atom. The van der Waals surface area contributed by atoms with E-state index in [2.05, 4.69) is 54.9 Å². The van der Waals surface area contributed by atoms with Gasteiger partial charge in [-0.05, 0) is 88.7 Å². The maximum absolute atomic E-state index is 15.1. The number of esters is 1. The molecular weight excluding hydrogens is 1090 g/mol. The van der Waals surface area contributed by atoms with Gasteiger partial charge in [-0.15, -0.1) is 26.3 Å². The van der Waals surface area contributed by atoms with E-state index >= 15 is 8.78 Å². The summed E-state index contributed by atoms with van der Waals surface area (Å²) in [4.78, 5) is 45.1. The van der Waals surface area contributed by atoms with E-state index in [9.17, 15) is 67.1 Å². The summed E-state index contributed by atoms with van der Waals surface area (Å²) in [6.45, 7) is 0. The summed E-state index contributed by atoms with van der Waals surface area (Å²) in [5, 5.41) is 4.10. The van der Waals surface area contributed by atoms with E-state index in [1.54, 1.807) is 0 Å². The van der Waals surface area contributed by atoms with Crippen molar-refractivity contribution in [3.05, 3.63) is 141 Å². The van der Waals surface area contributed by atoms with Crippen molar-refractivity contribution in [1.82, 2.24) is 9.97 Å². The van der Waals surface area contributed by atoms with Crippen molar-refractivity contribution in [2.45, 2.75) is 25.1 Å². The molecule has 0 spiro atoms. The van der Waals surface area contributed by atoms with Crippen LogP contribution in [0, 0.1) is 11.6 Å². The molecule has 29 heteroatoms. The number of ether oxygens (including phenoxy) is 7. The number of anilines is 2. The Morgan fingerprint density at radius 3 is 1.34 bits per heavy atom. The third-order valence-corrected chi connectivity index (χ3v) is 9.01. The highest BCUT2D eigenvalue weighted by Gasteiger charge is 2.40. The Morgan fingerprint density at radius 2 is 0.959 bits per heavy atom. The smallest absolute Gasteiger partial charge is 0.493 e. The molecule has 0 fully saturated rings. The van der Waals surface area contributed by atoms with Crippen LogP contribution in [-0.2, 0) is 17.1 Å². The van der Waals surface area contributed by atoms with Crippen molar-refractivity contribution >= 4 is 45.3 Å². The van der Waals surface area contributed by atoms with E-state index in [1.165, 1.54) is 30.3 Å². The van der Waals surface area contributed by atoms with E-state index < -0.39 is 143 Å². The highest BCUT2D eigenvalue weighted by molar-refractivity contribution is 9.10. The van der Waals surface area contributed by atoms with Crippen LogP contribution in [-0.4, -0.2) is 61.7 Å². The number of pyridine rings is 2. The Labute approximate surface area is 416 Å². The van der Waals surface area contributed by atoms with Crippen molar-refractivity contribution in [3.8, 4) is 46.0 Å². The average molecular weight is 1120 g/mol. The molecule has 73 heavy (non-hydrogen) atoms. The van der Waals surface area contributed by atoms with Gasteiger partial charge in [0.05, 0.1) is 40.5 Å². The first-order chi connectivity index (χ1) is 36.3. The summed E-state index contributed by atoms with van der Waals surface area (Å²) in [6, 6.07) is 12.8. The molecule has 0 aliphatic rings. The molecule has 4 aromatic carbocycles. The fourth-order valence-corrected chi connectivity index (χ4v) is 5.99. The van der Waals surface area contributed by atoms with E-state index in [0.717, 1.165) is 19.2 Å². The fraction of sp³-hybridized carbons (Fsp3) is 0.159. The molecule has 2 aromatic heterocycles. The molecule has 6 rings (SSSR count). The number of hydrogen-bond acceptors (Lipinski definition) is 12. The second-order valence-corrected chi connectivity index (χ2v) is 14.3. The molecule has 0 saturated heterocycles. The van der Waals surface area contributed by atoms with Crippen LogP contribution in [0.25, 0.3) is 0 Å². The second kappa shape index (κ2) is 22.5. The van der Waals surface area contributed by atoms with Crippen LogP contribution < -0.4 is 39.1 Å². The molecule has 6 aromatic rings. The number of benzene rings is 4. The van der Waals surface area contributed by atoms with E-state index in [-0.39, 0.29) is 28.2 Å². The van der Waals surface area contributed by atoms with Crippen LogP contribution in [0.3, 0.4) is 0 Å². The lowest BCUT2D eigenvalue weighted by Gasteiger charge is -2.17. The molecule has 0 aliphatic heterocycles. The molecule has 2 N–H and O–H groups in total. The quantitative estimate of drug-likeness (QED) is 0.0639. The molecule has 0 bridgehead atoms. The van der Waals surface area contributed by atoms with Crippen molar-refractivity contribution < 1.29 is 117 Å². The summed E-state index contributed by atoms with van der Waals surface area (Å²) in [6.07, 6.45) is -20.9. The van der Waals surface area contributed by atoms with Gasteiger partial charge >= 0.3 is 31.0 Å². The zero-order valence-electron chi connectivity index (χ0n) is 41.4. The second-order valence-electron chi connectivity index (χ2n) is 13.5. The zero-order valence-corrected chi connectivity index (χ0v) is 37.0. The first kappa shape index (κ1) is 47.2. The average Bonchev–Trinajstić information content (AvgIpc) is 3.28. The van der Waals surface area contributed by atoms with Gasteiger partial charge in [-0.25, -0.2) is 23.5 Å². The standard InChI is InChI=1S/C23H15F7N2O6.C21H12BrF7N2O4/c1-35-16-10-11(38-23(28,29)30)6-8-14(16)37-15-9-7-12(22(25,26)27)19(24)18(15)20(33)32-17-5-3-4-13(31-17)21(34)36-2;1-33-14-9-10(35-21(27,28)29)5-7-12(14)34-13-8-6-11(20(24,25)26)18(23)17(13)19(32)31-16-4-2-3-15(22)30-16/h3-10H,1-2H3,(H,31,32,33);2-9H,1H3,(H,30,31,32)/i2*1D3. The highest BCUT2D eigenvalue weighted by Crippen LogP contribution is 2.43. The molecule has 0 unspecified atom stereocenters. The minimum atomic E-state index is -5.28. The number of nitrogens with zero attached hydrogens (tertiary/aromatic N) is 2. The summed E-state index contributed by atoms with van der Waals surface area (Å²) in [5.41, 5.74) is -6.67. The van der Waals surface area contributed by atoms with Crippen molar-refractivity contribution in [2.24, 2.45) is 0 Å². The van der Waals surface area contributed by atoms with Gasteiger partial charge < -0.3 is 43.8 Å². The van der Waals surface area contributed by atoms with Gasteiger partial charge in [0.2, 0.25) is 0 Å². The van der Waals surface area contributed by atoms with Gasteiger partial charge in [-0.2, -0.15) is 26.3 Å². The van der Waals surface area contributed by atoms with Crippen LogP contribution in [0.15, 0.2) is 102 Å². The molecule has 0 atom stereocenters. The highest BCUT2D eigenvalue weighted by atomic mass is 79.9. The third-order valence-electron chi connectivity index (χ3n) is 8.57. The Bertz CT molecular complexity index is 3240. The molecule has 0 saturated carbocycles. The van der Waals surface area contributed by atoms with Crippen LogP contribution in [0.5, 0.6) is 46.0 Å². The number of aromatic nitrogens is 2. The lowest BCUT2D eigenvalue weighted by Crippen LogP contribution is -2.20. The van der Waals surface area contributed by atoms with Gasteiger partial charge in [0, 0.05) is 12.1 Å². The lowest BCUT2D eigenvalue weighted by molar-refractivity contribution is -0.275. The third kappa shape index (κ3) is 15.0. The SMILES string of the molecule is [2H]C([2H])([2H])Oc1cc(OC(F)(F)F)ccc1Oc1ccc(C(F)(F)F)c(F)c1C(=O)Nc1cccc(Br)n1.[2H]C([2H])([2H])Oc1cc(OC(F)(F)F)ccc1Oc1ccc(C(F)(F)F)c(F)c1C(=O)Nc1cccc(C(=O)OC)n1. The maximum atomic E-state index is 15.1. The molecule has 388 valence electrons. The van der Waals surface area contributed by atoms with Gasteiger partial charge in [0.1, 0.15) is 50.4 Å². The minimum absolute atomic E-state index is 0.188. The topological polar surface area (TPSA) is 166 Å². The van der Waals surface area contributed by atoms with Crippen LogP contribution in [0.4, 0.5) is 73.1 Å². The number of alkyl halides is 12. The van der Waals surface area contributed by atoms with Gasteiger partial charge in [-0.1, -0.05) is 12.1 Å². The number of methoxy groups -OCH3 is 3.